The van der Waals surface area contributed by atoms with Crippen LogP contribution in [-0.2, 0) is 13.7 Å². The highest BCUT2D eigenvalue weighted by atomic mass is 16.6. The summed E-state index contributed by atoms with van der Waals surface area (Å²) in [5.74, 6) is 1.81. The molecule has 1 N–H and O–H groups in total. The van der Waals surface area contributed by atoms with Gasteiger partial charge in [-0.2, -0.15) is 5.10 Å². The summed E-state index contributed by atoms with van der Waals surface area (Å²) in [4.78, 5) is 14.9. The third-order valence-corrected chi connectivity index (χ3v) is 4.97. The highest BCUT2D eigenvalue weighted by molar-refractivity contribution is 5.82. The molecule has 0 aliphatic carbocycles. The van der Waals surface area contributed by atoms with Crippen molar-refractivity contribution < 1.29 is 14.4 Å². The highest BCUT2D eigenvalue weighted by Gasteiger charge is 2.09. The first-order valence-electron chi connectivity index (χ1n) is 10.4. The normalized spacial score (nSPS) is 11.1. The summed E-state index contributed by atoms with van der Waals surface area (Å²) in [5.41, 5.74) is 6.58. The van der Waals surface area contributed by atoms with Gasteiger partial charge in [0.05, 0.1) is 28.8 Å². The molecule has 0 aliphatic heterocycles. The lowest BCUT2D eigenvalue weighted by molar-refractivity contribution is -0.384. The molecule has 0 amide bonds. The first kappa shape index (κ1) is 21.8. The van der Waals surface area contributed by atoms with E-state index in [4.69, 9.17) is 9.47 Å². The number of para-hydroxylation sites is 2. The average molecular weight is 445 g/mol. The van der Waals surface area contributed by atoms with Crippen molar-refractivity contribution in [2.24, 2.45) is 12.1 Å². The van der Waals surface area contributed by atoms with Crippen LogP contribution in [0.1, 0.15) is 18.1 Å². The van der Waals surface area contributed by atoms with E-state index < -0.39 is 4.92 Å². The van der Waals surface area contributed by atoms with Gasteiger partial charge in [0, 0.05) is 19.2 Å². The van der Waals surface area contributed by atoms with Crippen LogP contribution in [0.5, 0.6) is 11.5 Å². The maximum Gasteiger partial charge on any atom is 0.269 e. The van der Waals surface area contributed by atoms with Gasteiger partial charge in [-0.3, -0.25) is 10.1 Å². The molecular formula is C24H23N5O4. The van der Waals surface area contributed by atoms with Gasteiger partial charge in [-0.25, -0.2) is 10.4 Å². The lowest BCUT2D eigenvalue weighted by atomic mass is 10.2. The van der Waals surface area contributed by atoms with Crippen molar-refractivity contribution in [2.45, 2.75) is 13.5 Å². The molecule has 9 heteroatoms. The Hall–Kier alpha value is -4.40. The molecule has 168 valence electrons. The molecule has 4 rings (SSSR count). The number of aryl methyl sites for hydroxylation is 1. The first-order chi connectivity index (χ1) is 16.0. The molecular weight excluding hydrogens is 422 g/mol. The lowest BCUT2D eigenvalue weighted by Crippen LogP contribution is -2.01. The number of nitrogens with one attached hydrogen (secondary N) is 1. The number of imidazole rings is 1. The van der Waals surface area contributed by atoms with Crippen LogP contribution in [-0.4, -0.2) is 27.3 Å². The Morgan fingerprint density at radius 1 is 1.09 bits per heavy atom. The molecule has 0 bridgehead atoms. The number of aromatic nitrogens is 2. The number of fused-ring (bicyclic) bond motifs is 1. The molecule has 4 aromatic rings. The largest absolute Gasteiger partial charge is 0.490 e. The average Bonchev–Trinajstić information content (AvgIpc) is 3.14. The number of rotatable bonds is 9. The predicted molar refractivity (Wildman–Crippen MR) is 127 cm³/mol. The monoisotopic (exact) mass is 445 g/mol. The van der Waals surface area contributed by atoms with E-state index in [-0.39, 0.29) is 12.3 Å². The van der Waals surface area contributed by atoms with Crippen LogP contribution >= 0.6 is 0 Å². The van der Waals surface area contributed by atoms with Crippen LogP contribution in [0.25, 0.3) is 11.0 Å². The second-order valence-corrected chi connectivity index (χ2v) is 7.20. The van der Waals surface area contributed by atoms with Gasteiger partial charge >= 0.3 is 0 Å². The molecule has 0 spiro atoms. The molecule has 9 nitrogen and oxygen atoms in total. The van der Waals surface area contributed by atoms with E-state index >= 15 is 0 Å². The summed E-state index contributed by atoms with van der Waals surface area (Å²) in [6.45, 7) is 2.64. The van der Waals surface area contributed by atoms with E-state index in [0.29, 0.717) is 24.1 Å². The van der Waals surface area contributed by atoms with Crippen molar-refractivity contribution >= 4 is 28.9 Å². The Morgan fingerprint density at radius 3 is 2.61 bits per heavy atom. The minimum Gasteiger partial charge on any atom is -0.490 e. The molecule has 0 fully saturated rings. The van der Waals surface area contributed by atoms with Crippen LogP contribution in [0.4, 0.5) is 11.6 Å². The van der Waals surface area contributed by atoms with Crippen LogP contribution < -0.4 is 14.9 Å². The van der Waals surface area contributed by atoms with Crippen molar-refractivity contribution in [3.8, 4) is 11.5 Å². The Balaban J connectivity index is 1.44. The number of nitro groups is 1. The predicted octanol–water partition coefficient (Wildman–Crippen LogP) is 4.91. The second-order valence-electron chi connectivity index (χ2n) is 7.20. The summed E-state index contributed by atoms with van der Waals surface area (Å²) < 4.78 is 13.6. The van der Waals surface area contributed by atoms with Crippen molar-refractivity contribution in [2.75, 3.05) is 12.0 Å². The number of benzene rings is 3. The molecule has 0 radical (unpaired) electrons. The van der Waals surface area contributed by atoms with E-state index in [1.807, 2.05) is 61.0 Å². The maximum absolute atomic E-state index is 10.8. The Morgan fingerprint density at radius 2 is 1.88 bits per heavy atom. The van der Waals surface area contributed by atoms with Crippen LogP contribution in [0.2, 0.25) is 0 Å². The van der Waals surface area contributed by atoms with Gasteiger partial charge in [0.15, 0.2) is 11.5 Å². The quantitative estimate of drug-likeness (QED) is 0.223. The summed E-state index contributed by atoms with van der Waals surface area (Å²) in [6, 6.07) is 19.7. The number of hydrogen-bond acceptors (Lipinski definition) is 7. The fourth-order valence-corrected chi connectivity index (χ4v) is 3.28. The Labute approximate surface area is 190 Å². The van der Waals surface area contributed by atoms with Crippen LogP contribution in [0, 0.1) is 10.1 Å². The van der Waals surface area contributed by atoms with Crippen molar-refractivity contribution in [3.05, 3.63) is 88.0 Å². The van der Waals surface area contributed by atoms with Gasteiger partial charge in [-0.15, -0.1) is 0 Å². The van der Waals surface area contributed by atoms with Crippen LogP contribution in [0.3, 0.4) is 0 Å². The molecule has 33 heavy (non-hydrogen) atoms. The highest BCUT2D eigenvalue weighted by Crippen LogP contribution is 2.29. The number of nitro benzene ring substituents is 1. The zero-order valence-corrected chi connectivity index (χ0v) is 18.3. The molecule has 0 saturated carbocycles. The zero-order chi connectivity index (χ0) is 23.2. The number of nitrogens with zero attached hydrogens (tertiary/aromatic N) is 4. The van der Waals surface area contributed by atoms with Crippen LogP contribution in [0.15, 0.2) is 71.8 Å². The lowest BCUT2D eigenvalue weighted by Gasteiger charge is -2.12. The van der Waals surface area contributed by atoms with E-state index in [0.717, 1.165) is 22.2 Å². The van der Waals surface area contributed by atoms with E-state index in [2.05, 4.69) is 15.5 Å². The molecule has 0 atom stereocenters. The summed E-state index contributed by atoms with van der Waals surface area (Å²) >= 11 is 0. The van der Waals surface area contributed by atoms with Gasteiger partial charge in [0.2, 0.25) is 5.95 Å². The Bertz CT molecular complexity index is 1300. The minimum atomic E-state index is -0.427. The SMILES string of the molecule is CCOc1cc(/C=N\Nc2nc3ccccc3n2C)ccc1OCc1ccc([N+](=O)[O-])cc1. The maximum atomic E-state index is 10.8. The minimum absolute atomic E-state index is 0.0460. The van der Waals surface area contributed by atoms with E-state index in [1.165, 1.54) is 12.1 Å². The number of hydrogen-bond donors (Lipinski definition) is 1. The molecule has 3 aromatic carbocycles. The van der Waals surface area contributed by atoms with E-state index in [9.17, 15) is 10.1 Å². The standard InChI is InChI=1S/C24H23N5O4/c1-3-32-23-14-18(15-25-27-24-26-20-6-4-5-7-21(20)28(24)2)10-13-22(23)33-16-17-8-11-19(12-9-17)29(30)31/h4-15H,3,16H2,1-2H3,(H,26,27)/b25-15-. The fraction of sp³-hybridized carbons (Fsp3) is 0.167. The van der Waals surface area contributed by atoms with Gasteiger partial charge in [-0.05, 0) is 60.5 Å². The molecule has 0 unspecified atom stereocenters. The third kappa shape index (κ3) is 5.09. The summed E-state index contributed by atoms with van der Waals surface area (Å²) in [6.07, 6.45) is 1.68. The first-order valence-corrected chi connectivity index (χ1v) is 10.4. The van der Waals surface area contributed by atoms with Gasteiger partial charge in [0.25, 0.3) is 5.69 Å². The summed E-state index contributed by atoms with van der Waals surface area (Å²) in [7, 11) is 1.93. The number of hydrazone groups is 1. The number of non-ortho nitro benzene ring substituents is 1. The topological polar surface area (TPSA) is 104 Å². The van der Waals surface area contributed by atoms with Crippen molar-refractivity contribution in [1.82, 2.24) is 9.55 Å². The smallest absolute Gasteiger partial charge is 0.269 e. The molecule has 0 aliphatic rings. The number of ether oxygens (including phenoxy) is 2. The molecule has 0 saturated heterocycles. The molecule has 1 aromatic heterocycles. The van der Waals surface area contributed by atoms with Gasteiger partial charge < -0.3 is 14.0 Å². The fourth-order valence-electron chi connectivity index (χ4n) is 3.28. The zero-order valence-electron chi connectivity index (χ0n) is 18.3. The second kappa shape index (κ2) is 9.82. The van der Waals surface area contributed by atoms with Gasteiger partial charge in [0.1, 0.15) is 6.61 Å². The summed E-state index contributed by atoms with van der Waals surface area (Å²) in [5, 5.41) is 15.1. The van der Waals surface area contributed by atoms with E-state index in [1.54, 1.807) is 18.3 Å². The third-order valence-electron chi connectivity index (χ3n) is 4.97. The van der Waals surface area contributed by atoms with Gasteiger partial charge in [-0.1, -0.05) is 12.1 Å². The number of anilines is 1. The van der Waals surface area contributed by atoms with Crippen molar-refractivity contribution in [3.63, 3.8) is 0 Å². The Kier molecular flexibility index (Phi) is 6.49. The molecule has 1 heterocycles. The van der Waals surface area contributed by atoms with Crippen molar-refractivity contribution in [1.29, 1.82) is 0 Å².